The van der Waals surface area contributed by atoms with Gasteiger partial charge in [-0.05, 0) is 72.6 Å². The molecule has 12 heteroatoms. The van der Waals surface area contributed by atoms with Crippen LogP contribution in [0, 0.1) is 0 Å². The highest BCUT2D eigenvalue weighted by molar-refractivity contribution is 7.89. The van der Waals surface area contributed by atoms with Gasteiger partial charge in [0.15, 0.2) is 0 Å². The van der Waals surface area contributed by atoms with Gasteiger partial charge in [-0.2, -0.15) is 4.31 Å². The van der Waals surface area contributed by atoms with Crippen LogP contribution in [0.3, 0.4) is 0 Å². The molecule has 38 heavy (non-hydrogen) atoms. The zero-order chi connectivity index (χ0) is 27.5. The summed E-state index contributed by atoms with van der Waals surface area (Å²) in [6.07, 6.45) is 3.64. The first-order valence-electron chi connectivity index (χ1n) is 11.4. The monoisotopic (exact) mass is 594 g/mol. The van der Waals surface area contributed by atoms with Crippen LogP contribution in [-0.4, -0.2) is 52.8 Å². The summed E-state index contributed by atoms with van der Waals surface area (Å²) >= 11 is 11.8. The number of ether oxygens (including phenoxy) is 1. The Morgan fingerprint density at radius 2 is 1.45 bits per heavy atom. The van der Waals surface area contributed by atoms with Crippen molar-refractivity contribution in [3.63, 3.8) is 0 Å². The molecule has 0 amide bonds. The highest BCUT2D eigenvalue weighted by atomic mass is 35.5. The van der Waals surface area contributed by atoms with Gasteiger partial charge in [0.1, 0.15) is 0 Å². The summed E-state index contributed by atoms with van der Waals surface area (Å²) in [7, 11) is -6.61. The van der Waals surface area contributed by atoms with Gasteiger partial charge in [-0.15, -0.1) is 0 Å². The molecular formula is C26H24Cl2N2O6S2. The van der Waals surface area contributed by atoms with Crippen LogP contribution in [0.1, 0.15) is 22.3 Å². The lowest BCUT2D eigenvalue weighted by molar-refractivity contribution is 0.0600. The summed E-state index contributed by atoms with van der Waals surface area (Å²) in [5.74, 6) is -0.465. The third kappa shape index (κ3) is 6.45. The molecule has 1 aliphatic rings. The summed E-state index contributed by atoms with van der Waals surface area (Å²) in [6, 6.07) is 16.8. The molecular weight excluding hydrogens is 571 g/mol. The van der Waals surface area contributed by atoms with Crippen molar-refractivity contribution in [2.75, 3.05) is 13.7 Å². The van der Waals surface area contributed by atoms with Crippen LogP contribution >= 0.6 is 23.2 Å². The third-order valence-electron chi connectivity index (χ3n) is 6.00. The van der Waals surface area contributed by atoms with Crippen LogP contribution in [0.4, 0.5) is 0 Å². The lowest BCUT2D eigenvalue weighted by Crippen LogP contribution is -2.39. The Morgan fingerprint density at radius 3 is 2.00 bits per heavy atom. The number of sulfonamides is 2. The molecule has 2 atom stereocenters. The number of methoxy groups -OCH3 is 1. The second-order valence-corrected chi connectivity index (χ2v) is 13.1. The van der Waals surface area contributed by atoms with E-state index in [-0.39, 0.29) is 22.8 Å². The number of nitrogens with zero attached hydrogens (tertiary/aromatic N) is 1. The molecule has 0 unspecified atom stereocenters. The average Bonchev–Trinajstić information content (AvgIpc) is 3.30. The molecule has 1 aliphatic heterocycles. The Bertz CT molecular complexity index is 1540. The van der Waals surface area contributed by atoms with Crippen molar-refractivity contribution >= 4 is 55.3 Å². The summed E-state index contributed by atoms with van der Waals surface area (Å²) in [5.41, 5.74) is 1.11. The van der Waals surface area contributed by atoms with Gasteiger partial charge in [-0.25, -0.2) is 26.4 Å². The van der Waals surface area contributed by atoms with Crippen molar-refractivity contribution in [3.05, 3.63) is 100 Å². The maximum absolute atomic E-state index is 13.5. The van der Waals surface area contributed by atoms with Crippen LogP contribution in [0.25, 0.3) is 6.08 Å². The number of benzene rings is 3. The minimum atomic E-state index is -3.98. The first kappa shape index (κ1) is 28.3. The largest absolute Gasteiger partial charge is 0.465 e. The summed E-state index contributed by atoms with van der Waals surface area (Å²) in [6.45, 7) is -0.0753. The number of esters is 1. The fourth-order valence-electron chi connectivity index (χ4n) is 4.09. The minimum Gasteiger partial charge on any atom is -0.465 e. The van der Waals surface area contributed by atoms with Gasteiger partial charge in [0, 0.05) is 28.7 Å². The molecule has 0 saturated carbocycles. The third-order valence-corrected chi connectivity index (χ3v) is 9.95. The van der Waals surface area contributed by atoms with Crippen LogP contribution < -0.4 is 4.72 Å². The van der Waals surface area contributed by atoms with Crippen molar-refractivity contribution < 1.29 is 26.4 Å². The van der Waals surface area contributed by atoms with Gasteiger partial charge in [0.05, 0.1) is 22.5 Å². The maximum Gasteiger partial charge on any atom is 0.337 e. The van der Waals surface area contributed by atoms with E-state index in [0.29, 0.717) is 15.6 Å². The van der Waals surface area contributed by atoms with E-state index in [0.717, 1.165) is 5.56 Å². The molecule has 1 heterocycles. The zero-order valence-corrected chi connectivity index (χ0v) is 23.3. The molecule has 0 spiro atoms. The molecule has 1 fully saturated rings. The highest BCUT2D eigenvalue weighted by Gasteiger charge is 2.40. The summed E-state index contributed by atoms with van der Waals surface area (Å²) in [5, 5.41) is 0.792. The zero-order valence-electron chi connectivity index (χ0n) is 20.1. The van der Waals surface area contributed by atoms with Gasteiger partial charge in [-0.1, -0.05) is 47.5 Å². The number of hydrogen-bond donors (Lipinski definition) is 1. The van der Waals surface area contributed by atoms with Crippen molar-refractivity contribution in [3.8, 4) is 0 Å². The Morgan fingerprint density at radius 1 is 0.895 bits per heavy atom. The van der Waals surface area contributed by atoms with Gasteiger partial charge in [0.2, 0.25) is 20.0 Å². The van der Waals surface area contributed by atoms with Crippen LogP contribution in [0.2, 0.25) is 10.0 Å². The van der Waals surface area contributed by atoms with Gasteiger partial charge in [-0.3, -0.25) is 0 Å². The van der Waals surface area contributed by atoms with E-state index in [9.17, 15) is 21.6 Å². The Hall–Kier alpha value is -2.73. The Balaban J connectivity index is 1.61. The normalized spacial score (nSPS) is 18.6. The molecule has 4 rings (SSSR count). The van der Waals surface area contributed by atoms with Crippen molar-refractivity contribution in [2.24, 2.45) is 0 Å². The number of halogens is 2. The predicted molar refractivity (Wildman–Crippen MR) is 146 cm³/mol. The lowest BCUT2D eigenvalue weighted by atomic mass is 10.1. The van der Waals surface area contributed by atoms with E-state index in [4.69, 9.17) is 27.9 Å². The van der Waals surface area contributed by atoms with E-state index < -0.39 is 38.1 Å². The molecule has 0 bridgehead atoms. The van der Waals surface area contributed by atoms with Crippen LogP contribution in [0.15, 0.2) is 88.7 Å². The van der Waals surface area contributed by atoms with Crippen molar-refractivity contribution in [2.45, 2.75) is 28.3 Å². The standard InChI is InChI=1S/C26H24Cl2N2O6S2/c1-36-26(31)19-5-2-18(3-6-19)4-11-23-16-22(29-37(32,33)24-12-7-20(27)8-13-24)17-30(23)38(34,35)25-14-9-21(28)10-15-25/h2-15,22-23,29H,16-17H2,1H3/b11-4-/t22-,23-/m1/s1. The topological polar surface area (TPSA) is 110 Å². The molecule has 3 aromatic rings. The van der Waals surface area contributed by atoms with Crippen LogP contribution in [-0.2, 0) is 24.8 Å². The first-order chi connectivity index (χ1) is 18.0. The van der Waals surface area contributed by atoms with Gasteiger partial charge < -0.3 is 4.74 Å². The van der Waals surface area contributed by atoms with Crippen molar-refractivity contribution in [1.82, 2.24) is 9.03 Å². The first-order valence-corrected chi connectivity index (χ1v) is 15.1. The van der Waals surface area contributed by atoms with E-state index >= 15 is 0 Å². The quantitative estimate of drug-likeness (QED) is 0.381. The molecule has 1 saturated heterocycles. The van der Waals surface area contributed by atoms with E-state index in [1.54, 1.807) is 36.4 Å². The minimum absolute atomic E-state index is 0.0266. The second-order valence-electron chi connectivity index (χ2n) is 8.58. The van der Waals surface area contributed by atoms with E-state index in [1.807, 2.05) is 0 Å². The molecule has 200 valence electrons. The van der Waals surface area contributed by atoms with Gasteiger partial charge >= 0.3 is 5.97 Å². The van der Waals surface area contributed by atoms with E-state index in [1.165, 1.54) is 59.9 Å². The number of carbonyl (C=O) groups is 1. The van der Waals surface area contributed by atoms with E-state index in [2.05, 4.69) is 4.72 Å². The SMILES string of the molecule is COC(=O)c1ccc(/C=C\[C@@H]2C[C@@H](NS(=O)(=O)c3ccc(Cl)cc3)CN2S(=O)(=O)c2ccc(Cl)cc2)cc1. The molecule has 8 nitrogen and oxygen atoms in total. The molecule has 1 N–H and O–H groups in total. The van der Waals surface area contributed by atoms with Crippen LogP contribution in [0.5, 0.6) is 0 Å². The highest BCUT2D eigenvalue weighted by Crippen LogP contribution is 2.29. The van der Waals surface area contributed by atoms with Crippen molar-refractivity contribution in [1.29, 1.82) is 0 Å². The number of carbonyl (C=O) groups excluding carboxylic acids is 1. The maximum atomic E-state index is 13.5. The molecule has 0 aliphatic carbocycles. The lowest BCUT2D eigenvalue weighted by Gasteiger charge is -2.22. The number of hydrogen-bond acceptors (Lipinski definition) is 6. The fourth-order valence-corrected chi connectivity index (χ4v) is 7.22. The second kappa shape index (κ2) is 11.6. The molecule has 0 aromatic heterocycles. The Labute approximate surface area is 231 Å². The molecule has 0 radical (unpaired) electrons. The van der Waals surface area contributed by atoms with Gasteiger partial charge in [0.25, 0.3) is 0 Å². The molecule has 3 aromatic carbocycles. The summed E-state index contributed by atoms with van der Waals surface area (Å²) in [4.78, 5) is 11.8. The average molecular weight is 596 g/mol. The predicted octanol–water partition coefficient (Wildman–Crippen LogP) is 4.60. The number of nitrogens with one attached hydrogen (secondary N) is 1. The number of rotatable bonds is 8. The fraction of sp³-hybridized carbons (Fsp3) is 0.192. The smallest absolute Gasteiger partial charge is 0.337 e. The Kier molecular flexibility index (Phi) is 8.61. The summed E-state index contributed by atoms with van der Waals surface area (Å²) < 4.78 is 61.6.